The molecule has 1 heterocycles. The molecule has 0 radical (unpaired) electrons. The number of nitrogens with zero attached hydrogens (tertiary/aromatic N) is 1. The molecule has 106 valence electrons. The Hall–Kier alpha value is -1.96. The molecule has 0 aliphatic carbocycles. The van der Waals surface area contributed by atoms with Gasteiger partial charge in [0.25, 0.3) is 0 Å². The molecule has 7 heteroatoms. The number of ether oxygens (including phenoxy) is 2. The molecule has 0 fully saturated rings. The molecule has 0 aliphatic heterocycles. The standard InChI is InChI=1S/C13H14N2O4S/c1-18-9-10-3-2-4-11(7-10)19-13-6-5-12(8-15-13)20(14,16)17/h2-8H,9H2,1H3,(H2,14,16,17). The fourth-order valence-corrected chi connectivity index (χ4v) is 2.04. The lowest BCUT2D eigenvalue weighted by molar-refractivity contribution is 0.184. The summed E-state index contributed by atoms with van der Waals surface area (Å²) in [5.41, 5.74) is 0.964. The minimum Gasteiger partial charge on any atom is -0.439 e. The van der Waals surface area contributed by atoms with Crippen molar-refractivity contribution in [1.82, 2.24) is 4.98 Å². The van der Waals surface area contributed by atoms with Crippen LogP contribution in [0.5, 0.6) is 11.6 Å². The van der Waals surface area contributed by atoms with Crippen LogP contribution in [0.1, 0.15) is 5.56 Å². The highest BCUT2D eigenvalue weighted by Crippen LogP contribution is 2.21. The molecule has 1 aromatic heterocycles. The Labute approximate surface area is 117 Å². The van der Waals surface area contributed by atoms with Crippen LogP contribution < -0.4 is 9.88 Å². The first kappa shape index (κ1) is 14.4. The smallest absolute Gasteiger partial charge is 0.239 e. The topological polar surface area (TPSA) is 91.5 Å². The van der Waals surface area contributed by atoms with Crippen molar-refractivity contribution in [2.75, 3.05) is 7.11 Å². The third kappa shape index (κ3) is 3.77. The second-order valence-corrected chi connectivity index (χ2v) is 5.62. The summed E-state index contributed by atoms with van der Waals surface area (Å²) in [5, 5.41) is 4.99. The summed E-state index contributed by atoms with van der Waals surface area (Å²) in [7, 11) is -2.13. The number of hydrogen-bond acceptors (Lipinski definition) is 5. The Morgan fingerprint density at radius 1 is 1.25 bits per heavy atom. The first-order valence-electron chi connectivity index (χ1n) is 5.73. The van der Waals surface area contributed by atoms with E-state index in [0.29, 0.717) is 12.4 Å². The van der Waals surface area contributed by atoms with Crippen molar-refractivity contribution in [2.45, 2.75) is 11.5 Å². The molecule has 6 nitrogen and oxygen atoms in total. The number of pyridine rings is 1. The number of sulfonamides is 1. The number of aromatic nitrogens is 1. The highest BCUT2D eigenvalue weighted by molar-refractivity contribution is 7.89. The van der Waals surface area contributed by atoms with Crippen molar-refractivity contribution in [2.24, 2.45) is 5.14 Å². The molecule has 1 aromatic carbocycles. The molecular formula is C13H14N2O4S. The first-order valence-corrected chi connectivity index (χ1v) is 7.28. The maximum absolute atomic E-state index is 11.1. The number of nitrogens with two attached hydrogens (primary N) is 1. The van der Waals surface area contributed by atoms with Crippen LogP contribution in [-0.2, 0) is 21.4 Å². The van der Waals surface area contributed by atoms with Gasteiger partial charge in [-0.25, -0.2) is 18.5 Å². The Balaban J connectivity index is 2.16. The quantitative estimate of drug-likeness (QED) is 0.905. The van der Waals surface area contributed by atoms with Gasteiger partial charge in [0.15, 0.2) is 0 Å². The van der Waals surface area contributed by atoms with Crippen LogP contribution in [0, 0.1) is 0 Å². The number of hydrogen-bond donors (Lipinski definition) is 1. The van der Waals surface area contributed by atoms with E-state index in [2.05, 4.69) is 4.98 Å². The molecule has 0 saturated carbocycles. The Bertz CT molecular complexity index is 684. The van der Waals surface area contributed by atoms with E-state index in [1.54, 1.807) is 13.2 Å². The fourth-order valence-electron chi connectivity index (χ4n) is 1.58. The average Bonchev–Trinajstić information content (AvgIpc) is 2.39. The molecule has 0 amide bonds. The molecule has 20 heavy (non-hydrogen) atoms. The Kier molecular flexibility index (Phi) is 4.33. The SMILES string of the molecule is COCc1cccc(Oc2ccc(S(N)(=O)=O)cn2)c1. The molecule has 0 bridgehead atoms. The molecule has 2 aromatic rings. The van der Waals surface area contributed by atoms with Gasteiger partial charge in [-0.2, -0.15) is 0 Å². The summed E-state index contributed by atoms with van der Waals surface area (Å²) >= 11 is 0. The minimum absolute atomic E-state index is 0.0574. The molecule has 0 unspecified atom stereocenters. The zero-order valence-corrected chi connectivity index (χ0v) is 11.6. The van der Waals surface area contributed by atoms with E-state index in [0.717, 1.165) is 11.8 Å². The van der Waals surface area contributed by atoms with E-state index < -0.39 is 10.0 Å². The van der Waals surface area contributed by atoms with Gasteiger partial charge in [-0.05, 0) is 23.8 Å². The third-order valence-corrected chi connectivity index (χ3v) is 3.37. The maximum atomic E-state index is 11.1. The van der Waals surface area contributed by atoms with E-state index in [4.69, 9.17) is 14.6 Å². The van der Waals surface area contributed by atoms with Crippen LogP contribution in [0.2, 0.25) is 0 Å². The van der Waals surface area contributed by atoms with Crippen LogP contribution in [0.15, 0.2) is 47.5 Å². The Morgan fingerprint density at radius 2 is 2.05 bits per heavy atom. The van der Waals surface area contributed by atoms with Crippen LogP contribution in [0.25, 0.3) is 0 Å². The molecule has 0 saturated heterocycles. The summed E-state index contributed by atoms with van der Waals surface area (Å²) in [6, 6.07) is 10.1. The van der Waals surface area contributed by atoms with Crippen molar-refractivity contribution in [3.8, 4) is 11.6 Å². The van der Waals surface area contributed by atoms with Crippen molar-refractivity contribution >= 4 is 10.0 Å². The van der Waals surface area contributed by atoms with Crippen molar-refractivity contribution in [3.05, 3.63) is 48.2 Å². The zero-order chi connectivity index (χ0) is 14.6. The largest absolute Gasteiger partial charge is 0.439 e. The predicted molar refractivity (Wildman–Crippen MR) is 72.8 cm³/mol. The highest BCUT2D eigenvalue weighted by Gasteiger charge is 2.08. The summed E-state index contributed by atoms with van der Waals surface area (Å²) in [4.78, 5) is 3.85. The predicted octanol–water partition coefficient (Wildman–Crippen LogP) is 1.67. The van der Waals surface area contributed by atoms with Gasteiger partial charge in [0.2, 0.25) is 15.9 Å². The Morgan fingerprint density at radius 3 is 2.65 bits per heavy atom. The molecule has 0 aliphatic rings. The molecular weight excluding hydrogens is 280 g/mol. The lowest BCUT2D eigenvalue weighted by Crippen LogP contribution is -2.12. The average molecular weight is 294 g/mol. The number of rotatable bonds is 5. The van der Waals surface area contributed by atoms with E-state index in [1.807, 2.05) is 18.2 Å². The van der Waals surface area contributed by atoms with E-state index >= 15 is 0 Å². The summed E-state index contributed by atoms with van der Waals surface area (Å²) in [6.45, 7) is 0.481. The van der Waals surface area contributed by atoms with Gasteiger partial charge in [-0.1, -0.05) is 12.1 Å². The summed E-state index contributed by atoms with van der Waals surface area (Å²) in [6.07, 6.45) is 1.16. The number of benzene rings is 1. The molecule has 0 spiro atoms. The molecule has 0 atom stereocenters. The van der Waals surface area contributed by atoms with Gasteiger partial charge in [0, 0.05) is 13.2 Å². The molecule has 2 rings (SSSR count). The van der Waals surface area contributed by atoms with Crippen molar-refractivity contribution in [3.63, 3.8) is 0 Å². The van der Waals surface area contributed by atoms with Gasteiger partial charge < -0.3 is 9.47 Å². The summed E-state index contributed by atoms with van der Waals surface area (Å²) in [5.74, 6) is 0.877. The summed E-state index contributed by atoms with van der Waals surface area (Å²) < 4.78 is 32.8. The second-order valence-electron chi connectivity index (χ2n) is 4.06. The number of methoxy groups -OCH3 is 1. The van der Waals surface area contributed by atoms with E-state index in [-0.39, 0.29) is 10.8 Å². The van der Waals surface area contributed by atoms with Crippen LogP contribution in [0.3, 0.4) is 0 Å². The van der Waals surface area contributed by atoms with Crippen molar-refractivity contribution < 1.29 is 17.9 Å². The van der Waals surface area contributed by atoms with E-state index in [1.165, 1.54) is 12.1 Å². The first-order chi connectivity index (χ1) is 9.49. The highest BCUT2D eigenvalue weighted by atomic mass is 32.2. The van der Waals surface area contributed by atoms with Gasteiger partial charge in [-0.3, -0.25) is 0 Å². The minimum atomic E-state index is -3.74. The third-order valence-electron chi connectivity index (χ3n) is 2.47. The number of primary sulfonamides is 1. The lowest BCUT2D eigenvalue weighted by Gasteiger charge is -2.07. The van der Waals surface area contributed by atoms with Gasteiger partial charge in [0.05, 0.1) is 12.8 Å². The second kappa shape index (κ2) is 6.00. The van der Waals surface area contributed by atoms with Crippen LogP contribution in [-0.4, -0.2) is 20.5 Å². The van der Waals surface area contributed by atoms with E-state index in [9.17, 15) is 8.42 Å². The zero-order valence-electron chi connectivity index (χ0n) is 10.8. The van der Waals surface area contributed by atoms with Gasteiger partial charge in [0.1, 0.15) is 10.6 Å². The van der Waals surface area contributed by atoms with Crippen LogP contribution in [0.4, 0.5) is 0 Å². The fraction of sp³-hybridized carbons (Fsp3) is 0.154. The lowest BCUT2D eigenvalue weighted by atomic mass is 10.2. The maximum Gasteiger partial charge on any atom is 0.239 e. The van der Waals surface area contributed by atoms with Gasteiger partial charge >= 0.3 is 0 Å². The molecule has 2 N–H and O–H groups in total. The van der Waals surface area contributed by atoms with Crippen molar-refractivity contribution in [1.29, 1.82) is 0 Å². The monoisotopic (exact) mass is 294 g/mol. The van der Waals surface area contributed by atoms with Gasteiger partial charge in [-0.15, -0.1) is 0 Å². The normalized spacial score (nSPS) is 11.3. The van der Waals surface area contributed by atoms with Crippen LogP contribution >= 0.6 is 0 Å².